The van der Waals surface area contributed by atoms with Gasteiger partial charge in [0.05, 0.1) is 6.61 Å². The molecule has 1 saturated heterocycles. The van der Waals surface area contributed by atoms with Crippen LogP contribution in [0.1, 0.15) is 18.4 Å². The molecule has 1 amide bonds. The molecule has 2 N–H and O–H groups in total. The van der Waals surface area contributed by atoms with E-state index in [4.69, 9.17) is 4.74 Å². The first-order chi connectivity index (χ1) is 8.25. The molecular weight excluding hydrogens is 218 g/mol. The third-order valence-corrected chi connectivity index (χ3v) is 2.95. The lowest BCUT2D eigenvalue weighted by atomic mass is 10.0. The summed E-state index contributed by atoms with van der Waals surface area (Å²) in [5.41, 5.74) is 1.13. The summed E-state index contributed by atoms with van der Waals surface area (Å²) in [6, 6.07) is 9.94. The largest absolute Gasteiger partial charge is 0.377 e. The van der Waals surface area contributed by atoms with Crippen molar-refractivity contribution in [3.8, 4) is 0 Å². The summed E-state index contributed by atoms with van der Waals surface area (Å²) in [5.74, 6) is -0.0937. The summed E-state index contributed by atoms with van der Waals surface area (Å²) < 4.78 is 5.52. The molecule has 92 valence electrons. The maximum atomic E-state index is 11.0. The molecule has 1 aromatic carbocycles. The zero-order valence-electron chi connectivity index (χ0n) is 9.63. The second-order valence-corrected chi connectivity index (χ2v) is 4.30. The van der Waals surface area contributed by atoms with E-state index in [0.29, 0.717) is 26.1 Å². The SMILES string of the molecule is O=C1CC(CCOCc2ccccc2)C(O)N1. The molecule has 1 aliphatic rings. The Morgan fingerprint density at radius 1 is 1.35 bits per heavy atom. The second kappa shape index (κ2) is 5.80. The maximum absolute atomic E-state index is 11.0. The van der Waals surface area contributed by atoms with Crippen LogP contribution in [0.25, 0.3) is 0 Å². The zero-order valence-corrected chi connectivity index (χ0v) is 9.63. The number of nitrogens with one attached hydrogen (secondary N) is 1. The van der Waals surface area contributed by atoms with Gasteiger partial charge in [-0.1, -0.05) is 30.3 Å². The van der Waals surface area contributed by atoms with Crippen molar-refractivity contribution in [2.24, 2.45) is 5.92 Å². The fraction of sp³-hybridized carbons (Fsp3) is 0.462. The van der Waals surface area contributed by atoms with Gasteiger partial charge in [-0.2, -0.15) is 0 Å². The van der Waals surface area contributed by atoms with Crippen LogP contribution in [0.15, 0.2) is 30.3 Å². The van der Waals surface area contributed by atoms with Crippen molar-refractivity contribution in [3.05, 3.63) is 35.9 Å². The summed E-state index contributed by atoms with van der Waals surface area (Å²) in [7, 11) is 0. The highest BCUT2D eigenvalue weighted by Crippen LogP contribution is 2.18. The van der Waals surface area contributed by atoms with Gasteiger partial charge < -0.3 is 15.2 Å². The quantitative estimate of drug-likeness (QED) is 0.750. The third kappa shape index (κ3) is 3.54. The van der Waals surface area contributed by atoms with Gasteiger partial charge in [-0.25, -0.2) is 0 Å². The van der Waals surface area contributed by atoms with E-state index in [1.54, 1.807) is 0 Å². The van der Waals surface area contributed by atoms with Crippen molar-refractivity contribution in [2.45, 2.75) is 25.7 Å². The van der Waals surface area contributed by atoms with Gasteiger partial charge in [0.15, 0.2) is 0 Å². The molecule has 0 aromatic heterocycles. The predicted octanol–water partition coefficient (Wildman–Crippen LogP) is 1.05. The zero-order chi connectivity index (χ0) is 12.1. The van der Waals surface area contributed by atoms with Gasteiger partial charge in [0.25, 0.3) is 0 Å². The highest BCUT2D eigenvalue weighted by atomic mass is 16.5. The van der Waals surface area contributed by atoms with E-state index in [0.717, 1.165) is 5.56 Å². The fourth-order valence-electron chi connectivity index (χ4n) is 1.95. The van der Waals surface area contributed by atoms with Crippen molar-refractivity contribution < 1.29 is 14.6 Å². The van der Waals surface area contributed by atoms with Crippen molar-refractivity contribution in [3.63, 3.8) is 0 Å². The number of benzene rings is 1. The number of aliphatic hydroxyl groups is 1. The number of carbonyl (C=O) groups excluding carboxylic acids is 1. The molecule has 0 bridgehead atoms. The van der Waals surface area contributed by atoms with E-state index < -0.39 is 6.23 Å². The van der Waals surface area contributed by atoms with Gasteiger partial charge in [-0.15, -0.1) is 0 Å². The molecule has 2 unspecified atom stereocenters. The van der Waals surface area contributed by atoms with Crippen LogP contribution in [0.4, 0.5) is 0 Å². The van der Waals surface area contributed by atoms with Crippen molar-refractivity contribution >= 4 is 5.91 Å². The average molecular weight is 235 g/mol. The van der Waals surface area contributed by atoms with Gasteiger partial charge in [-0.3, -0.25) is 4.79 Å². The molecule has 4 nitrogen and oxygen atoms in total. The summed E-state index contributed by atoms with van der Waals surface area (Å²) in [6.07, 6.45) is 0.394. The standard InChI is InChI=1S/C13H17NO3/c15-12-8-11(13(16)14-12)6-7-17-9-10-4-2-1-3-5-10/h1-5,11,13,16H,6-9H2,(H,14,15). The van der Waals surface area contributed by atoms with Crippen LogP contribution in [0.2, 0.25) is 0 Å². The average Bonchev–Trinajstić information content (AvgIpc) is 2.65. The van der Waals surface area contributed by atoms with E-state index in [9.17, 15) is 9.90 Å². The Kier molecular flexibility index (Phi) is 4.12. The monoisotopic (exact) mass is 235 g/mol. The molecule has 0 spiro atoms. The Labute approximate surface area is 101 Å². The Morgan fingerprint density at radius 2 is 2.12 bits per heavy atom. The maximum Gasteiger partial charge on any atom is 0.222 e. The first-order valence-corrected chi connectivity index (χ1v) is 5.85. The topological polar surface area (TPSA) is 58.6 Å². The lowest BCUT2D eigenvalue weighted by Gasteiger charge is -2.12. The minimum atomic E-state index is -0.706. The van der Waals surface area contributed by atoms with Crippen LogP contribution in [-0.4, -0.2) is 23.8 Å². The van der Waals surface area contributed by atoms with Crippen molar-refractivity contribution in [1.82, 2.24) is 5.32 Å². The number of amides is 1. The molecule has 1 aliphatic heterocycles. The Bertz CT molecular complexity index is 366. The molecule has 1 heterocycles. The second-order valence-electron chi connectivity index (χ2n) is 4.30. The summed E-state index contributed by atoms with van der Waals surface area (Å²) in [4.78, 5) is 11.0. The predicted molar refractivity (Wildman–Crippen MR) is 63.0 cm³/mol. The molecule has 0 saturated carbocycles. The van der Waals surface area contributed by atoms with E-state index in [2.05, 4.69) is 5.32 Å². The Hall–Kier alpha value is -1.39. The number of aliphatic hydroxyl groups excluding tert-OH is 1. The minimum Gasteiger partial charge on any atom is -0.377 e. The number of ether oxygens (including phenoxy) is 1. The Balaban J connectivity index is 1.65. The molecule has 0 aliphatic carbocycles. The Morgan fingerprint density at radius 3 is 2.76 bits per heavy atom. The van der Waals surface area contributed by atoms with Crippen molar-refractivity contribution in [1.29, 1.82) is 0 Å². The van der Waals surface area contributed by atoms with E-state index in [1.807, 2.05) is 30.3 Å². The van der Waals surface area contributed by atoms with Crippen LogP contribution in [0.3, 0.4) is 0 Å². The van der Waals surface area contributed by atoms with Crippen molar-refractivity contribution in [2.75, 3.05) is 6.61 Å². The first-order valence-electron chi connectivity index (χ1n) is 5.85. The summed E-state index contributed by atoms with van der Waals surface area (Å²) in [5, 5.41) is 12.0. The molecular formula is C13H17NO3. The molecule has 4 heteroatoms. The van der Waals surface area contributed by atoms with Gasteiger partial charge >= 0.3 is 0 Å². The molecule has 0 radical (unpaired) electrons. The lowest BCUT2D eigenvalue weighted by Crippen LogP contribution is -2.28. The summed E-state index contributed by atoms with van der Waals surface area (Å²) in [6.45, 7) is 1.14. The molecule has 17 heavy (non-hydrogen) atoms. The van der Waals surface area contributed by atoms with Gasteiger partial charge in [0.2, 0.25) is 5.91 Å². The number of hydrogen-bond donors (Lipinski definition) is 2. The minimum absolute atomic E-state index is 0.0155. The highest BCUT2D eigenvalue weighted by molar-refractivity contribution is 5.78. The lowest BCUT2D eigenvalue weighted by molar-refractivity contribution is -0.120. The van der Waals surface area contributed by atoms with Crippen LogP contribution in [0.5, 0.6) is 0 Å². The molecule has 1 fully saturated rings. The molecule has 1 aromatic rings. The van der Waals surface area contributed by atoms with Crippen LogP contribution >= 0.6 is 0 Å². The normalized spacial score (nSPS) is 23.7. The summed E-state index contributed by atoms with van der Waals surface area (Å²) >= 11 is 0. The van der Waals surface area contributed by atoms with Gasteiger partial charge in [0, 0.05) is 18.9 Å². The smallest absolute Gasteiger partial charge is 0.222 e. The van der Waals surface area contributed by atoms with E-state index in [1.165, 1.54) is 0 Å². The molecule has 2 rings (SSSR count). The first kappa shape index (κ1) is 12.1. The fourth-order valence-corrected chi connectivity index (χ4v) is 1.95. The van der Waals surface area contributed by atoms with Crippen LogP contribution in [-0.2, 0) is 16.1 Å². The number of hydrogen-bond acceptors (Lipinski definition) is 3. The number of rotatable bonds is 5. The van der Waals surface area contributed by atoms with Crippen LogP contribution < -0.4 is 5.32 Å². The van der Waals surface area contributed by atoms with Gasteiger partial charge in [0.1, 0.15) is 6.23 Å². The van der Waals surface area contributed by atoms with Gasteiger partial charge in [-0.05, 0) is 12.0 Å². The van der Waals surface area contributed by atoms with E-state index in [-0.39, 0.29) is 11.8 Å². The highest BCUT2D eigenvalue weighted by Gasteiger charge is 2.29. The van der Waals surface area contributed by atoms with E-state index >= 15 is 0 Å². The number of carbonyl (C=O) groups is 1. The molecule has 2 atom stereocenters. The third-order valence-electron chi connectivity index (χ3n) is 2.95. The van der Waals surface area contributed by atoms with Crippen LogP contribution in [0, 0.1) is 5.92 Å².